The van der Waals surface area contributed by atoms with Crippen molar-refractivity contribution in [1.82, 2.24) is 16.0 Å². The summed E-state index contributed by atoms with van der Waals surface area (Å²) in [5.74, 6) is -0.259. The van der Waals surface area contributed by atoms with Crippen molar-refractivity contribution in [2.45, 2.75) is 95.7 Å². The number of ether oxygens (including phenoxy) is 1. The number of amides is 4. The van der Waals surface area contributed by atoms with Crippen LogP contribution in [0.5, 0.6) is 0 Å². The quantitative estimate of drug-likeness (QED) is 0.591. The molecule has 8 heteroatoms. The zero-order chi connectivity index (χ0) is 21.5. The van der Waals surface area contributed by atoms with Gasteiger partial charge in [0.2, 0.25) is 5.91 Å². The molecule has 3 N–H and O–H groups in total. The van der Waals surface area contributed by atoms with Crippen molar-refractivity contribution >= 4 is 23.8 Å². The Morgan fingerprint density at radius 2 is 1.63 bits per heavy atom. The molecular formula is C22H33N3O5. The first-order valence-electron chi connectivity index (χ1n) is 11.3. The van der Waals surface area contributed by atoms with E-state index in [9.17, 15) is 19.2 Å². The molecule has 5 rings (SSSR count). The molecule has 5 aliphatic rings. The molecule has 0 saturated heterocycles. The summed E-state index contributed by atoms with van der Waals surface area (Å²) in [6, 6.07) is -0.429. The second kappa shape index (κ2) is 7.85. The van der Waals surface area contributed by atoms with Crippen molar-refractivity contribution in [3.05, 3.63) is 0 Å². The molecule has 5 aliphatic carbocycles. The number of carbonyl (C=O) groups excluding carboxylic acids is 4. The zero-order valence-corrected chi connectivity index (χ0v) is 17.9. The van der Waals surface area contributed by atoms with Crippen LogP contribution in [0.15, 0.2) is 0 Å². The Bertz CT molecular complexity index is 731. The van der Waals surface area contributed by atoms with E-state index in [1.54, 1.807) is 0 Å². The van der Waals surface area contributed by atoms with Gasteiger partial charge in [-0.15, -0.1) is 0 Å². The largest absolute Gasteiger partial charge is 0.452 e. The highest BCUT2D eigenvalue weighted by Gasteiger charge is 2.61. The van der Waals surface area contributed by atoms with E-state index in [2.05, 4.69) is 16.0 Å². The van der Waals surface area contributed by atoms with Crippen molar-refractivity contribution in [3.8, 4) is 0 Å². The molecule has 3 atom stereocenters. The van der Waals surface area contributed by atoms with Crippen LogP contribution in [0.3, 0.4) is 0 Å². The van der Waals surface area contributed by atoms with Crippen LogP contribution in [0.1, 0.15) is 78.1 Å². The maximum absolute atomic E-state index is 13.2. The van der Waals surface area contributed by atoms with Crippen LogP contribution in [0.2, 0.25) is 0 Å². The van der Waals surface area contributed by atoms with Gasteiger partial charge in [-0.3, -0.25) is 19.7 Å². The van der Waals surface area contributed by atoms with Crippen molar-refractivity contribution in [3.63, 3.8) is 0 Å². The zero-order valence-electron chi connectivity index (χ0n) is 17.9. The van der Waals surface area contributed by atoms with E-state index < -0.39 is 23.5 Å². The lowest BCUT2D eigenvalue weighted by atomic mass is 9.47. The summed E-state index contributed by atoms with van der Waals surface area (Å²) in [5, 5.41) is 8.22. The van der Waals surface area contributed by atoms with Crippen molar-refractivity contribution in [1.29, 1.82) is 0 Å². The lowest BCUT2D eigenvalue weighted by Crippen LogP contribution is -2.65. The van der Waals surface area contributed by atoms with Gasteiger partial charge >= 0.3 is 12.0 Å². The Hall–Kier alpha value is -2.12. The maximum Gasteiger partial charge on any atom is 0.321 e. The third-order valence-electron chi connectivity index (χ3n) is 7.52. The average Bonchev–Trinajstić information content (AvgIpc) is 3.12. The molecule has 0 aliphatic heterocycles. The number of urea groups is 1. The molecule has 0 spiro atoms. The molecule has 4 amide bonds. The van der Waals surface area contributed by atoms with Gasteiger partial charge in [-0.25, -0.2) is 4.79 Å². The van der Waals surface area contributed by atoms with E-state index in [1.807, 2.05) is 0 Å². The van der Waals surface area contributed by atoms with Crippen LogP contribution in [-0.2, 0) is 19.1 Å². The van der Waals surface area contributed by atoms with E-state index >= 15 is 0 Å². The number of rotatable bonds is 5. The van der Waals surface area contributed by atoms with E-state index in [4.69, 9.17) is 4.74 Å². The minimum absolute atomic E-state index is 0.0681. The van der Waals surface area contributed by atoms with Gasteiger partial charge in [0.25, 0.3) is 5.91 Å². The second-order valence-electron chi connectivity index (χ2n) is 10.2. The first-order valence-corrected chi connectivity index (χ1v) is 11.3. The van der Waals surface area contributed by atoms with Gasteiger partial charge in [-0.2, -0.15) is 0 Å². The average molecular weight is 420 g/mol. The van der Waals surface area contributed by atoms with Crippen LogP contribution in [0, 0.1) is 17.3 Å². The number of nitrogens with one attached hydrogen (secondary N) is 3. The summed E-state index contributed by atoms with van der Waals surface area (Å²) in [5.41, 5.74) is -0.977. The van der Waals surface area contributed by atoms with Gasteiger partial charge in [-0.05, 0) is 70.1 Å². The van der Waals surface area contributed by atoms with E-state index in [-0.39, 0.29) is 23.5 Å². The third kappa shape index (κ3) is 4.18. The van der Waals surface area contributed by atoms with Crippen LogP contribution in [0.25, 0.3) is 0 Å². The Morgan fingerprint density at radius 3 is 2.23 bits per heavy atom. The molecular weight excluding hydrogens is 386 g/mol. The highest BCUT2D eigenvalue weighted by atomic mass is 16.5. The standard InChI is InChI=1S/C22H33N3O5/c1-13(18(27)24-20(29)23-17-5-3-4-6-17)30-19(28)21-8-15-7-16(9-21)11-22(10-15,12-21)25-14(2)26/h13,15-17H,3-12H2,1-2H3,(H,25,26)(H2,23,24,27,29). The molecule has 5 fully saturated rings. The van der Waals surface area contributed by atoms with Gasteiger partial charge in [0, 0.05) is 18.5 Å². The van der Waals surface area contributed by atoms with Crippen LogP contribution in [-0.4, -0.2) is 41.5 Å². The maximum atomic E-state index is 13.2. The molecule has 4 bridgehead atoms. The fourth-order valence-electron chi connectivity index (χ4n) is 6.87. The molecule has 0 aromatic heterocycles. The molecule has 3 unspecified atom stereocenters. The predicted octanol–water partition coefficient (Wildman–Crippen LogP) is 2.16. The van der Waals surface area contributed by atoms with Gasteiger partial charge < -0.3 is 15.4 Å². The molecule has 5 saturated carbocycles. The molecule has 0 radical (unpaired) electrons. The normalized spacial score (nSPS) is 35.5. The topological polar surface area (TPSA) is 114 Å². The van der Waals surface area contributed by atoms with Crippen LogP contribution in [0.4, 0.5) is 4.79 Å². The minimum Gasteiger partial charge on any atom is -0.452 e. The van der Waals surface area contributed by atoms with Crippen molar-refractivity contribution in [2.24, 2.45) is 17.3 Å². The monoisotopic (exact) mass is 419 g/mol. The summed E-state index contributed by atoms with van der Waals surface area (Å²) in [7, 11) is 0. The fourth-order valence-corrected chi connectivity index (χ4v) is 6.87. The molecule has 166 valence electrons. The predicted molar refractivity (Wildman–Crippen MR) is 108 cm³/mol. The third-order valence-corrected chi connectivity index (χ3v) is 7.52. The fraction of sp³-hybridized carbons (Fsp3) is 0.818. The summed E-state index contributed by atoms with van der Waals surface area (Å²) < 4.78 is 5.57. The summed E-state index contributed by atoms with van der Waals surface area (Å²) in [4.78, 5) is 49.4. The Labute approximate surface area is 177 Å². The SMILES string of the molecule is CC(=O)NC12CC3CC(C1)CC(C(=O)OC(C)C(=O)NC(=O)NC1CCCC1)(C3)C2. The highest BCUT2D eigenvalue weighted by molar-refractivity contribution is 5.97. The van der Waals surface area contributed by atoms with E-state index in [0.717, 1.165) is 57.8 Å². The van der Waals surface area contributed by atoms with Crippen molar-refractivity contribution < 1.29 is 23.9 Å². The van der Waals surface area contributed by atoms with Gasteiger partial charge in [0.05, 0.1) is 5.41 Å². The molecule has 0 heterocycles. The second-order valence-corrected chi connectivity index (χ2v) is 10.2. The van der Waals surface area contributed by atoms with E-state index in [1.165, 1.54) is 13.8 Å². The lowest BCUT2D eigenvalue weighted by Gasteiger charge is -2.60. The van der Waals surface area contributed by atoms with Gasteiger partial charge in [-0.1, -0.05) is 12.8 Å². The summed E-state index contributed by atoms with van der Waals surface area (Å²) >= 11 is 0. The molecule has 30 heavy (non-hydrogen) atoms. The van der Waals surface area contributed by atoms with E-state index in [0.29, 0.717) is 18.3 Å². The first kappa shape index (κ1) is 21.1. The number of hydrogen-bond donors (Lipinski definition) is 3. The summed E-state index contributed by atoms with van der Waals surface area (Å²) in [6.45, 7) is 3.02. The Kier molecular flexibility index (Phi) is 5.53. The molecule has 8 nitrogen and oxygen atoms in total. The smallest absolute Gasteiger partial charge is 0.321 e. The lowest BCUT2D eigenvalue weighted by molar-refractivity contribution is -0.182. The minimum atomic E-state index is -1.04. The first-order chi connectivity index (χ1) is 14.2. The molecule has 0 aromatic rings. The Balaban J connectivity index is 1.36. The Morgan fingerprint density at radius 1 is 1.00 bits per heavy atom. The van der Waals surface area contributed by atoms with Gasteiger partial charge in [0.15, 0.2) is 6.10 Å². The molecule has 0 aromatic carbocycles. The summed E-state index contributed by atoms with van der Waals surface area (Å²) in [6.07, 6.45) is 7.95. The number of imide groups is 1. The number of hydrogen-bond acceptors (Lipinski definition) is 5. The van der Waals surface area contributed by atoms with Crippen LogP contribution >= 0.6 is 0 Å². The number of carbonyl (C=O) groups is 4. The van der Waals surface area contributed by atoms with Crippen molar-refractivity contribution in [2.75, 3.05) is 0 Å². The highest BCUT2D eigenvalue weighted by Crippen LogP contribution is 2.62. The van der Waals surface area contributed by atoms with Gasteiger partial charge in [0.1, 0.15) is 0 Å². The number of esters is 1. The van der Waals surface area contributed by atoms with Crippen LogP contribution < -0.4 is 16.0 Å².